The summed E-state index contributed by atoms with van der Waals surface area (Å²) in [5.74, 6) is 0. The summed E-state index contributed by atoms with van der Waals surface area (Å²) in [6.07, 6.45) is 0. The van der Waals surface area contributed by atoms with E-state index in [4.69, 9.17) is 0 Å². The zero-order valence-electron chi connectivity index (χ0n) is 24.1. The van der Waals surface area contributed by atoms with E-state index in [1.807, 2.05) is 0 Å². The Balaban J connectivity index is 1.35. The first-order valence-electron chi connectivity index (χ1n) is 14.1. The van der Waals surface area contributed by atoms with Crippen LogP contribution in [0.3, 0.4) is 0 Å². The lowest BCUT2D eigenvalue weighted by atomic mass is 10.0. The van der Waals surface area contributed by atoms with Gasteiger partial charge in [-0.05, 0) is 224 Å². The van der Waals surface area contributed by atoms with Crippen LogP contribution in [0.15, 0.2) is 133 Å². The van der Waals surface area contributed by atoms with Crippen molar-refractivity contribution in [3.8, 4) is 11.1 Å². The van der Waals surface area contributed by atoms with Crippen LogP contribution < -0.4 is 9.80 Å². The minimum atomic E-state index is 1.13. The SMILES string of the molecule is Cc1ccc(I)c(N(c2ccc(I)cc2)c2ccc(-c3ccc(N(c4ccc(I)cc4)c4cc(C)ccc4I)cc3)cc2)c1. The van der Waals surface area contributed by atoms with Gasteiger partial charge in [-0.15, -0.1) is 0 Å². The summed E-state index contributed by atoms with van der Waals surface area (Å²) in [4.78, 5) is 4.69. The summed E-state index contributed by atoms with van der Waals surface area (Å²) in [5, 5.41) is 0. The minimum absolute atomic E-state index is 1.13. The molecule has 0 aliphatic carbocycles. The van der Waals surface area contributed by atoms with Gasteiger partial charge in [-0.2, -0.15) is 0 Å². The lowest BCUT2D eigenvalue weighted by Crippen LogP contribution is -2.12. The first-order chi connectivity index (χ1) is 21.3. The van der Waals surface area contributed by atoms with Gasteiger partial charge in [0.05, 0.1) is 11.4 Å². The first kappa shape index (κ1) is 31.8. The molecular formula is C38H28I4N2. The smallest absolute Gasteiger partial charge is 0.0597 e. The number of nitrogens with zero attached hydrogens (tertiary/aromatic N) is 2. The standard InChI is InChI=1S/C38H28I4N2/c1-25-3-21-35(41)37(23-25)43(33-17-9-29(39)10-18-33)31-13-5-27(6-14-31)28-7-15-32(16-8-28)44(34-19-11-30(40)12-20-34)38-24-26(2)4-22-36(38)42/h3-24H,1-2H3. The molecule has 6 heteroatoms. The van der Waals surface area contributed by atoms with E-state index in [1.54, 1.807) is 0 Å². The molecule has 0 amide bonds. The molecule has 0 atom stereocenters. The average Bonchev–Trinajstić information content (AvgIpc) is 3.03. The predicted molar refractivity (Wildman–Crippen MR) is 222 cm³/mol. The Hall–Kier alpha value is -2.16. The van der Waals surface area contributed by atoms with Gasteiger partial charge in [-0.3, -0.25) is 0 Å². The van der Waals surface area contributed by atoms with E-state index in [-0.39, 0.29) is 0 Å². The Labute approximate surface area is 314 Å². The molecule has 0 saturated carbocycles. The van der Waals surface area contributed by atoms with Crippen molar-refractivity contribution in [2.45, 2.75) is 13.8 Å². The molecule has 0 fully saturated rings. The van der Waals surface area contributed by atoms with Crippen LogP contribution in [0.4, 0.5) is 34.1 Å². The fourth-order valence-electron chi connectivity index (χ4n) is 5.23. The summed E-state index contributed by atoms with van der Waals surface area (Å²) in [5.41, 5.74) is 11.8. The molecule has 218 valence electrons. The Kier molecular flexibility index (Phi) is 10.2. The third kappa shape index (κ3) is 7.13. The van der Waals surface area contributed by atoms with Crippen LogP contribution in [0.5, 0.6) is 0 Å². The van der Waals surface area contributed by atoms with E-state index in [9.17, 15) is 0 Å². The van der Waals surface area contributed by atoms with Crippen molar-refractivity contribution in [1.29, 1.82) is 0 Å². The van der Waals surface area contributed by atoms with Crippen molar-refractivity contribution in [2.75, 3.05) is 9.80 Å². The maximum absolute atomic E-state index is 2.44. The Morgan fingerprint density at radius 2 is 0.659 bits per heavy atom. The Morgan fingerprint density at radius 3 is 0.977 bits per heavy atom. The van der Waals surface area contributed by atoms with Gasteiger partial charge >= 0.3 is 0 Å². The second-order valence-electron chi connectivity index (χ2n) is 10.6. The van der Waals surface area contributed by atoms with Gasteiger partial charge in [0.15, 0.2) is 0 Å². The maximum atomic E-state index is 2.44. The summed E-state index contributed by atoms with van der Waals surface area (Å²) >= 11 is 9.61. The maximum Gasteiger partial charge on any atom is 0.0597 e. The molecule has 0 radical (unpaired) electrons. The average molecular weight is 1020 g/mol. The Bertz CT molecular complexity index is 1760. The van der Waals surface area contributed by atoms with Crippen LogP contribution in [0.25, 0.3) is 11.1 Å². The van der Waals surface area contributed by atoms with Crippen LogP contribution in [0, 0.1) is 28.1 Å². The van der Waals surface area contributed by atoms with Gasteiger partial charge in [0.2, 0.25) is 0 Å². The highest BCUT2D eigenvalue weighted by molar-refractivity contribution is 14.1. The van der Waals surface area contributed by atoms with Gasteiger partial charge < -0.3 is 9.80 Å². The second kappa shape index (κ2) is 14.1. The van der Waals surface area contributed by atoms with Gasteiger partial charge in [0, 0.05) is 37.0 Å². The number of rotatable bonds is 7. The molecule has 0 aliphatic rings. The van der Waals surface area contributed by atoms with Gasteiger partial charge in [0.25, 0.3) is 0 Å². The van der Waals surface area contributed by atoms with Gasteiger partial charge in [-0.25, -0.2) is 0 Å². The van der Waals surface area contributed by atoms with Crippen molar-refractivity contribution in [3.63, 3.8) is 0 Å². The molecule has 0 spiro atoms. The number of hydrogen-bond acceptors (Lipinski definition) is 2. The Morgan fingerprint density at radius 1 is 0.364 bits per heavy atom. The summed E-state index contributed by atoms with van der Waals surface area (Å²) < 4.78 is 4.88. The number of anilines is 6. The highest BCUT2D eigenvalue weighted by Crippen LogP contribution is 2.41. The van der Waals surface area contributed by atoms with Crippen LogP contribution >= 0.6 is 90.4 Å². The molecule has 6 rings (SSSR count). The topological polar surface area (TPSA) is 6.48 Å². The fraction of sp³-hybridized carbons (Fsp3) is 0.0526. The third-order valence-electron chi connectivity index (χ3n) is 7.44. The highest BCUT2D eigenvalue weighted by atomic mass is 127. The molecule has 0 unspecified atom stereocenters. The fourth-order valence-corrected chi connectivity index (χ4v) is 7.10. The molecule has 6 aromatic carbocycles. The highest BCUT2D eigenvalue weighted by Gasteiger charge is 2.18. The van der Waals surface area contributed by atoms with Gasteiger partial charge in [0.1, 0.15) is 0 Å². The molecule has 0 aliphatic heterocycles. The van der Waals surface area contributed by atoms with Gasteiger partial charge in [-0.1, -0.05) is 36.4 Å². The molecule has 44 heavy (non-hydrogen) atoms. The summed E-state index contributed by atoms with van der Waals surface area (Å²) in [7, 11) is 0. The third-order valence-corrected chi connectivity index (χ3v) is 10.7. The number of benzene rings is 6. The summed E-state index contributed by atoms with van der Waals surface area (Å²) in [6, 6.07) is 48.5. The van der Waals surface area contributed by atoms with E-state index in [0.717, 1.165) is 22.7 Å². The molecule has 0 saturated heterocycles. The van der Waals surface area contributed by atoms with Crippen LogP contribution in [-0.2, 0) is 0 Å². The number of aryl methyl sites for hydroxylation is 2. The van der Waals surface area contributed by atoms with Crippen molar-refractivity contribution in [1.82, 2.24) is 0 Å². The van der Waals surface area contributed by atoms with E-state index >= 15 is 0 Å². The van der Waals surface area contributed by atoms with Crippen molar-refractivity contribution < 1.29 is 0 Å². The molecule has 0 bridgehead atoms. The van der Waals surface area contributed by atoms with E-state index in [0.29, 0.717) is 0 Å². The zero-order valence-corrected chi connectivity index (χ0v) is 32.7. The molecule has 0 N–H and O–H groups in total. The van der Waals surface area contributed by atoms with Crippen LogP contribution in [0.2, 0.25) is 0 Å². The van der Waals surface area contributed by atoms with Crippen molar-refractivity contribution in [2.24, 2.45) is 0 Å². The van der Waals surface area contributed by atoms with Crippen LogP contribution in [0.1, 0.15) is 11.1 Å². The van der Waals surface area contributed by atoms with Crippen molar-refractivity contribution >= 4 is 124 Å². The normalized spacial score (nSPS) is 11.0. The van der Waals surface area contributed by atoms with E-state index < -0.39 is 0 Å². The van der Waals surface area contributed by atoms with E-state index in [2.05, 4.69) is 247 Å². The molecule has 0 aromatic heterocycles. The van der Waals surface area contributed by atoms with Crippen LogP contribution in [-0.4, -0.2) is 0 Å². The zero-order chi connectivity index (χ0) is 30.8. The predicted octanol–water partition coefficient (Wildman–Crippen LogP) is 13.3. The molecule has 0 heterocycles. The monoisotopic (exact) mass is 1020 g/mol. The quantitative estimate of drug-likeness (QED) is 0.147. The lowest BCUT2D eigenvalue weighted by molar-refractivity contribution is 1.25. The minimum Gasteiger partial charge on any atom is -0.309 e. The first-order valence-corrected chi connectivity index (χ1v) is 18.4. The number of hydrogen-bond donors (Lipinski definition) is 0. The largest absolute Gasteiger partial charge is 0.309 e. The molecular weight excluding hydrogens is 992 g/mol. The van der Waals surface area contributed by atoms with Crippen molar-refractivity contribution in [3.05, 3.63) is 159 Å². The van der Waals surface area contributed by atoms with E-state index in [1.165, 1.54) is 47.9 Å². The molecule has 2 nitrogen and oxygen atoms in total. The molecule has 6 aromatic rings. The summed E-state index contributed by atoms with van der Waals surface area (Å²) in [6.45, 7) is 4.30. The number of halogens is 4. The second-order valence-corrected chi connectivity index (χ2v) is 15.4. The lowest BCUT2D eigenvalue weighted by Gasteiger charge is -2.27.